The summed E-state index contributed by atoms with van der Waals surface area (Å²) in [6, 6.07) is 10.5. The van der Waals surface area contributed by atoms with Crippen LogP contribution in [0.1, 0.15) is 54.1 Å². The molecule has 1 aliphatic rings. The van der Waals surface area contributed by atoms with Crippen LogP contribution in [-0.2, 0) is 11.3 Å². The number of nitrogens with zero attached hydrogens (tertiary/aromatic N) is 1. The fourth-order valence-electron chi connectivity index (χ4n) is 4.46. The number of carboxylic acid groups (broad SMARTS) is 1. The summed E-state index contributed by atoms with van der Waals surface area (Å²) in [7, 11) is 0. The lowest BCUT2D eigenvalue weighted by Gasteiger charge is -2.19. The molecule has 3 aromatic carbocycles. The lowest BCUT2D eigenvalue weighted by molar-refractivity contribution is -0.138. The quantitative estimate of drug-likeness (QED) is 0.394. The first kappa shape index (κ1) is 24.4. The molecule has 0 fully saturated rings. The Bertz CT molecular complexity index is 1290. The van der Waals surface area contributed by atoms with E-state index in [4.69, 9.17) is 9.47 Å². The first-order chi connectivity index (χ1) is 16.8. The zero-order chi connectivity index (χ0) is 25.3. The van der Waals surface area contributed by atoms with Crippen molar-refractivity contribution in [2.75, 3.05) is 11.5 Å². The highest BCUT2D eigenvalue weighted by atomic mass is 19.3. The topological polar surface area (TPSA) is 76.1 Å². The van der Waals surface area contributed by atoms with Crippen LogP contribution in [0.2, 0.25) is 0 Å². The van der Waals surface area contributed by atoms with E-state index < -0.39 is 30.2 Å². The molecular weight excluding hydrogens is 463 g/mol. The average Bonchev–Trinajstić information content (AvgIpc) is 3.15. The smallest absolute Gasteiger partial charge is 0.387 e. The van der Waals surface area contributed by atoms with Gasteiger partial charge in [-0.2, -0.15) is 8.78 Å². The van der Waals surface area contributed by atoms with Gasteiger partial charge < -0.3 is 19.5 Å². The van der Waals surface area contributed by atoms with Crippen LogP contribution < -0.4 is 14.4 Å². The molecule has 1 unspecified atom stereocenters. The van der Waals surface area contributed by atoms with Gasteiger partial charge in [-0.25, -0.2) is 4.39 Å². The molecule has 4 rings (SSSR count). The monoisotopic (exact) mass is 487 g/mol. The number of hydrogen-bond acceptors (Lipinski definition) is 4. The molecule has 6 nitrogen and oxygen atoms in total. The zero-order valence-electron chi connectivity index (χ0n) is 19.2. The minimum Gasteiger partial charge on any atom is -0.493 e. The number of rotatable bonds is 9. The summed E-state index contributed by atoms with van der Waals surface area (Å²) in [5, 5.41) is 10.2. The zero-order valence-corrected chi connectivity index (χ0v) is 19.2. The number of alkyl halides is 2. The molecule has 0 bridgehead atoms. The Kier molecular flexibility index (Phi) is 6.86. The largest absolute Gasteiger partial charge is 0.493 e. The van der Waals surface area contributed by atoms with Gasteiger partial charge in [0.05, 0.1) is 30.3 Å². The van der Waals surface area contributed by atoms with Crippen molar-refractivity contribution in [2.24, 2.45) is 0 Å². The second kappa shape index (κ2) is 9.85. The van der Waals surface area contributed by atoms with Crippen LogP contribution in [0.3, 0.4) is 0 Å². The Morgan fingerprint density at radius 2 is 1.80 bits per heavy atom. The fourth-order valence-corrected chi connectivity index (χ4v) is 4.46. The molecule has 9 heteroatoms. The minimum absolute atomic E-state index is 0.0938. The maximum Gasteiger partial charge on any atom is 0.387 e. The van der Waals surface area contributed by atoms with Crippen LogP contribution in [0.15, 0.2) is 42.5 Å². The number of aliphatic carboxylic acids is 1. The first-order valence-electron chi connectivity index (χ1n) is 11.3. The van der Waals surface area contributed by atoms with Crippen molar-refractivity contribution in [3.8, 4) is 11.5 Å². The molecule has 184 valence electrons. The third kappa shape index (κ3) is 4.38. The predicted octanol–water partition coefficient (Wildman–Crippen LogP) is 6.11. The van der Waals surface area contributed by atoms with Crippen molar-refractivity contribution >= 4 is 28.3 Å². The number of fused-ring (bicyclic) bond motifs is 2. The van der Waals surface area contributed by atoms with E-state index in [2.05, 4.69) is 0 Å². The summed E-state index contributed by atoms with van der Waals surface area (Å²) < 4.78 is 52.7. The number of anilines is 1. The van der Waals surface area contributed by atoms with Crippen LogP contribution in [0.5, 0.6) is 11.5 Å². The third-order valence-electron chi connectivity index (χ3n) is 6.02. The minimum atomic E-state index is -3.18. The van der Waals surface area contributed by atoms with E-state index in [9.17, 15) is 23.5 Å². The van der Waals surface area contributed by atoms with Crippen molar-refractivity contribution in [1.82, 2.24) is 0 Å². The van der Waals surface area contributed by atoms with Gasteiger partial charge in [0.2, 0.25) is 0 Å². The van der Waals surface area contributed by atoms with Crippen LogP contribution in [0.4, 0.5) is 18.9 Å². The van der Waals surface area contributed by atoms with E-state index in [0.717, 1.165) is 11.0 Å². The highest BCUT2D eigenvalue weighted by molar-refractivity contribution is 6.17. The SMILES string of the molecule is CCCOc1c2c(c(OC(F)F)c3ccccc13)C(=O)N(c1ccc(C(CC)C(=O)O)cc1F)C2. The first-order valence-corrected chi connectivity index (χ1v) is 11.3. The summed E-state index contributed by atoms with van der Waals surface area (Å²) in [4.78, 5) is 26.1. The molecule has 1 heterocycles. The maximum absolute atomic E-state index is 15.2. The lowest BCUT2D eigenvalue weighted by atomic mass is 9.96. The molecule has 1 N–H and O–H groups in total. The van der Waals surface area contributed by atoms with Crippen LogP contribution >= 0.6 is 0 Å². The molecule has 1 aliphatic heterocycles. The van der Waals surface area contributed by atoms with Gasteiger partial charge in [0.15, 0.2) is 0 Å². The van der Waals surface area contributed by atoms with E-state index in [1.54, 1.807) is 31.2 Å². The predicted molar refractivity (Wildman–Crippen MR) is 124 cm³/mol. The summed E-state index contributed by atoms with van der Waals surface area (Å²) in [5.41, 5.74) is 0.405. The molecular formula is C26H24F3NO5. The number of carbonyl (C=O) groups is 2. The Hall–Kier alpha value is -3.75. The maximum atomic E-state index is 15.2. The number of carbonyl (C=O) groups excluding carboxylic acids is 1. The second-order valence-corrected chi connectivity index (χ2v) is 8.19. The summed E-state index contributed by atoms with van der Waals surface area (Å²) in [5.74, 6) is -3.39. The molecule has 0 radical (unpaired) electrons. The highest BCUT2D eigenvalue weighted by Crippen LogP contribution is 2.47. The normalized spacial score (nSPS) is 13.9. The molecule has 35 heavy (non-hydrogen) atoms. The van der Waals surface area contributed by atoms with Crippen molar-refractivity contribution in [3.05, 3.63) is 65.0 Å². The van der Waals surface area contributed by atoms with Gasteiger partial charge in [0, 0.05) is 16.3 Å². The third-order valence-corrected chi connectivity index (χ3v) is 6.02. The van der Waals surface area contributed by atoms with E-state index in [-0.39, 0.29) is 40.9 Å². The Morgan fingerprint density at radius 3 is 2.37 bits per heavy atom. The number of ether oxygens (including phenoxy) is 2. The highest BCUT2D eigenvalue weighted by Gasteiger charge is 2.38. The van der Waals surface area contributed by atoms with Gasteiger partial charge in [-0.3, -0.25) is 9.59 Å². The lowest BCUT2D eigenvalue weighted by Crippen LogP contribution is -2.25. The summed E-state index contributed by atoms with van der Waals surface area (Å²) >= 11 is 0. The standard InChI is InChI=1S/C26H24F3NO5/c1-3-11-34-22-16-7-5-6-8-17(16)23(35-26(28)29)21-18(22)13-30(24(21)31)20-10-9-14(12-19(20)27)15(4-2)25(32)33/h5-10,12,15,26H,3-4,11,13H2,1-2H3,(H,32,33). The number of hydrogen-bond donors (Lipinski definition) is 1. The second-order valence-electron chi connectivity index (χ2n) is 8.19. The van der Waals surface area contributed by atoms with Gasteiger partial charge in [-0.15, -0.1) is 0 Å². The van der Waals surface area contributed by atoms with Crippen molar-refractivity contribution < 1.29 is 37.3 Å². The van der Waals surface area contributed by atoms with Crippen molar-refractivity contribution in [3.63, 3.8) is 0 Å². The van der Waals surface area contributed by atoms with Gasteiger partial charge in [0.25, 0.3) is 5.91 Å². The Balaban J connectivity index is 1.86. The van der Waals surface area contributed by atoms with Crippen LogP contribution in [-0.4, -0.2) is 30.2 Å². The molecule has 3 aromatic rings. The van der Waals surface area contributed by atoms with Crippen LogP contribution in [0, 0.1) is 5.82 Å². The van der Waals surface area contributed by atoms with Gasteiger partial charge in [0.1, 0.15) is 17.3 Å². The Morgan fingerprint density at radius 1 is 1.11 bits per heavy atom. The molecule has 0 aliphatic carbocycles. The van der Waals surface area contributed by atoms with E-state index in [1.807, 2.05) is 6.92 Å². The van der Waals surface area contributed by atoms with Gasteiger partial charge in [-0.1, -0.05) is 44.2 Å². The van der Waals surface area contributed by atoms with E-state index in [1.165, 1.54) is 12.1 Å². The molecule has 0 spiro atoms. The summed E-state index contributed by atoms with van der Waals surface area (Å²) in [6.07, 6.45) is 0.940. The Labute approximate surface area is 199 Å². The van der Waals surface area contributed by atoms with Gasteiger partial charge in [-0.05, 0) is 30.5 Å². The number of carboxylic acids is 1. The number of benzene rings is 3. The number of halogens is 3. The fraction of sp³-hybridized carbons (Fsp3) is 0.308. The van der Waals surface area contributed by atoms with Crippen LogP contribution in [0.25, 0.3) is 10.8 Å². The average molecular weight is 487 g/mol. The van der Waals surface area contributed by atoms with E-state index in [0.29, 0.717) is 29.7 Å². The summed E-state index contributed by atoms with van der Waals surface area (Å²) in [6.45, 7) is 0.620. The molecule has 1 atom stereocenters. The number of amides is 1. The molecule has 0 saturated carbocycles. The molecule has 0 saturated heterocycles. The molecule has 1 amide bonds. The molecule has 0 aromatic heterocycles. The van der Waals surface area contributed by atoms with Crippen molar-refractivity contribution in [1.29, 1.82) is 0 Å². The van der Waals surface area contributed by atoms with Gasteiger partial charge >= 0.3 is 12.6 Å². The van der Waals surface area contributed by atoms with E-state index >= 15 is 4.39 Å². The van der Waals surface area contributed by atoms with Crippen molar-refractivity contribution in [2.45, 2.75) is 45.8 Å².